The predicted octanol–water partition coefficient (Wildman–Crippen LogP) is 3.54. The van der Waals surface area contributed by atoms with Crippen LogP contribution in [0.3, 0.4) is 0 Å². The molecule has 2 aromatic rings. The minimum atomic E-state index is -1.38. The number of methoxy groups -OCH3 is 3. The molecule has 0 aromatic heterocycles. The first-order valence-corrected chi connectivity index (χ1v) is 10.4. The van der Waals surface area contributed by atoms with Crippen LogP contribution in [0.25, 0.3) is 0 Å². The first kappa shape index (κ1) is 31.4. The molecule has 0 aliphatic rings. The summed E-state index contributed by atoms with van der Waals surface area (Å²) in [7, 11) is 3.98. The molecule has 0 aliphatic carbocycles. The molecule has 0 aliphatic heterocycles. The van der Waals surface area contributed by atoms with Crippen LogP contribution in [0.5, 0.6) is 5.75 Å². The van der Waals surface area contributed by atoms with Gasteiger partial charge in [0.1, 0.15) is 16.7 Å². The van der Waals surface area contributed by atoms with E-state index in [0.29, 0.717) is 16.9 Å². The molecule has 0 unspecified atom stereocenters. The van der Waals surface area contributed by atoms with E-state index in [1.165, 1.54) is 35.2 Å². The summed E-state index contributed by atoms with van der Waals surface area (Å²) < 4.78 is 13.4. The van der Waals surface area contributed by atoms with Gasteiger partial charge in [-0.25, -0.2) is 9.59 Å². The Morgan fingerprint density at radius 1 is 0.857 bits per heavy atom. The zero-order valence-corrected chi connectivity index (χ0v) is 20.9. The third-order valence-corrected chi connectivity index (χ3v) is 5.04. The van der Waals surface area contributed by atoms with Crippen LogP contribution in [0, 0.1) is 0 Å². The van der Waals surface area contributed by atoms with Gasteiger partial charge in [-0.1, -0.05) is 42.5 Å². The summed E-state index contributed by atoms with van der Waals surface area (Å²) in [4.78, 5) is 42.7. The highest BCUT2D eigenvalue weighted by molar-refractivity contribution is 6.61. The number of aliphatic carboxylic acids is 2. The van der Waals surface area contributed by atoms with Crippen LogP contribution in [-0.4, -0.2) is 54.9 Å². The standard InChI is InChI=1S/C12H14O4.C10H13NO3.C2H3ClO2/c1-12(11(14)15,8-10(13)16-2)9-6-4-3-5-7-9;1-10(11,9(12)13)7-4-3-5-8(6-7)14-2;1-5-2(3)4/h3-7H,8H2,1-2H3,(H,14,15);3-6H,11H2,1-2H3,(H,12,13);1H3/t12-;10-;/m00./s1. The van der Waals surface area contributed by atoms with Gasteiger partial charge in [-0.2, -0.15) is 0 Å². The summed E-state index contributed by atoms with van der Waals surface area (Å²) in [5.41, 5.74) is 3.36. The van der Waals surface area contributed by atoms with E-state index in [0.717, 1.165) is 0 Å². The lowest BCUT2D eigenvalue weighted by molar-refractivity contribution is -0.151. The van der Waals surface area contributed by atoms with E-state index in [2.05, 4.69) is 21.1 Å². The van der Waals surface area contributed by atoms with Gasteiger partial charge in [-0.3, -0.25) is 9.59 Å². The number of hydrogen-bond donors (Lipinski definition) is 3. The summed E-state index contributed by atoms with van der Waals surface area (Å²) >= 11 is 4.60. The van der Waals surface area contributed by atoms with Crippen LogP contribution in [0.1, 0.15) is 31.4 Å². The van der Waals surface area contributed by atoms with Crippen LogP contribution in [0.4, 0.5) is 4.79 Å². The molecule has 0 amide bonds. The average Bonchev–Trinajstić information content (AvgIpc) is 2.84. The van der Waals surface area contributed by atoms with E-state index >= 15 is 0 Å². The maximum absolute atomic E-state index is 11.3. The van der Waals surface area contributed by atoms with Crippen molar-refractivity contribution >= 4 is 34.9 Å². The molecule has 10 nitrogen and oxygen atoms in total. The topological polar surface area (TPSA) is 162 Å². The van der Waals surface area contributed by atoms with Crippen LogP contribution in [0.2, 0.25) is 0 Å². The van der Waals surface area contributed by atoms with Crippen LogP contribution >= 0.6 is 11.6 Å². The number of carbonyl (C=O) groups excluding carboxylic acids is 2. The fraction of sp³-hybridized carbons (Fsp3) is 0.333. The highest BCUT2D eigenvalue weighted by Crippen LogP contribution is 2.28. The fourth-order valence-corrected chi connectivity index (χ4v) is 2.54. The zero-order chi connectivity index (χ0) is 27.2. The van der Waals surface area contributed by atoms with Crippen molar-refractivity contribution in [2.45, 2.75) is 31.2 Å². The van der Waals surface area contributed by atoms with Gasteiger partial charge in [0, 0.05) is 11.6 Å². The third kappa shape index (κ3) is 10.0. The van der Waals surface area contributed by atoms with Gasteiger partial charge in [0.05, 0.1) is 27.8 Å². The maximum Gasteiger partial charge on any atom is 0.403 e. The number of benzene rings is 2. The van der Waals surface area contributed by atoms with E-state index in [1.807, 2.05) is 0 Å². The Bertz CT molecular complexity index is 995. The molecule has 0 spiro atoms. The smallest absolute Gasteiger partial charge is 0.403 e. The first-order valence-electron chi connectivity index (χ1n) is 10.0. The van der Waals surface area contributed by atoms with E-state index in [9.17, 15) is 24.3 Å². The van der Waals surface area contributed by atoms with E-state index < -0.39 is 34.3 Å². The maximum atomic E-state index is 11.3. The number of halogens is 1. The Labute approximate surface area is 208 Å². The number of rotatable bonds is 7. The Kier molecular flexibility index (Phi) is 13.1. The Hall–Kier alpha value is -3.63. The zero-order valence-electron chi connectivity index (χ0n) is 20.1. The van der Waals surface area contributed by atoms with Crippen LogP contribution < -0.4 is 10.5 Å². The number of carbonyl (C=O) groups is 4. The Morgan fingerprint density at radius 3 is 1.77 bits per heavy atom. The van der Waals surface area contributed by atoms with Crippen LogP contribution in [0.15, 0.2) is 54.6 Å². The highest BCUT2D eigenvalue weighted by atomic mass is 35.5. The van der Waals surface area contributed by atoms with Gasteiger partial charge in [-0.05, 0) is 37.1 Å². The predicted molar refractivity (Wildman–Crippen MR) is 128 cm³/mol. The van der Waals surface area contributed by atoms with Gasteiger partial charge in [0.15, 0.2) is 0 Å². The van der Waals surface area contributed by atoms with Gasteiger partial charge in [-0.15, -0.1) is 0 Å². The molecule has 11 heteroatoms. The van der Waals surface area contributed by atoms with Gasteiger partial charge in [0.2, 0.25) is 0 Å². The van der Waals surface area contributed by atoms with Crippen LogP contribution in [-0.2, 0) is 34.8 Å². The lowest BCUT2D eigenvalue weighted by atomic mass is 9.79. The van der Waals surface area contributed by atoms with Crippen molar-refractivity contribution < 1.29 is 43.6 Å². The van der Waals surface area contributed by atoms with Crippen molar-refractivity contribution in [3.8, 4) is 5.75 Å². The largest absolute Gasteiger partial charge is 0.497 e. The summed E-state index contributed by atoms with van der Waals surface area (Å²) in [6.45, 7) is 2.96. The molecule has 4 N–H and O–H groups in total. The average molecular weight is 512 g/mol. The fourth-order valence-electron chi connectivity index (χ4n) is 2.54. The normalized spacial score (nSPS) is 13.1. The van der Waals surface area contributed by atoms with E-state index in [1.54, 1.807) is 54.6 Å². The quantitative estimate of drug-likeness (QED) is 0.370. The molecule has 192 valence electrons. The summed E-state index contributed by atoms with van der Waals surface area (Å²) in [6.07, 6.45) is -0.178. The number of hydrogen-bond acceptors (Lipinski definition) is 8. The molecular weight excluding hydrogens is 482 g/mol. The number of nitrogens with two attached hydrogens (primary N) is 1. The van der Waals surface area contributed by atoms with E-state index in [-0.39, 0.29) is 6.42 Å². The van der Waals surface area contributed by atoms with Gasteiger partial charge >= 0.3 is 23.3 Å². The molecular formula is C24H30ClNO9. The summed E-state index contributed by atoms with van der Waals surface area (Å²) in [5.74, 6) is -2.04. The SMILES string of the molecule is COC(=O)C[C@](C)(C(=O)O)c1ccccc1.COC(=O)Cl.COc1cccc([C@](C)(N)C(=O)O)c1. The number of carboxylic acid groups (broad SMARTS) is 2. The molecule has 0 saturated heterocycles. The molecule has 0 saturated carbocycles. The minimum Gasteiger partial charge on any atom is -0.497 e. The third-order valence-electron chi connectivity index (χ3n) is 4.88. The monoisotopic (exact) mass is 511 g/mol. The molecule has 0 fully saturated rings. The molecule has 35 heavy (non-hydrogen) atoms. The van der Waals surface area contributed by atoms with Crippen molar-refractivity contribution in [1.82, 2.24) is 0 Å². The van der Waals surface area contributed by atoms with Crippen molar-refractivity contribution in [2.24, 2.45) is 5.73 Å². The van der Waals surface area contributed by atoms with Crippen molar-refractivity contribution in [2.75, 3.05) is 21.3 Å². The lowest BCUT2D eigenvalue weighted by Gasteiger charge is -2.23. The highest BCUT2D eigenvalue weighted by Gasteiger charge is 2.37. The molecule has 0 heterocycles. The molecule has 0 radical (unpaired) electrons. The van der Waals surface area contributed by atoms with Gasteiger partial charge in [0.25, 0.3) is 0 Å². The molecule has 2 rings (SSSR count). The van der Waals surface area contributed by atoms with Crippen molar-refractivity contribution in [1.29, 1.82) is 0 Å². The Morgan fingerprint density at radius 2 is 1.37 bits per heavy atom. The second kappa shape index (κ2) is 14.6. The molecule has 0 bridgehead atoms. The van der Waals surface area contributed by atoms with Crippen molar-refractivity contribution in [3.05, 3.63) is 65.7 Å². The first-order chi connectivity index (χ1) is 16.3. The lowest BCUT2D eigenvalue weighted by Crippen LogP contribution is -2.41. The second-order valence-corrected chi connectivity index (χ2v) is 7.75. The van der Waals surface area contributed by atoms with Gasteiger partial charge < -0.3 is 30.2 Å². The van der Waals surface area contributed by atoms with Crippen molar-refractivity contribution in [3.63, 3.8) is 0 Å². The molecule has 2 atom stereocenters. The summed E-state index contributed by atoms with van der Waals surface area (Å²) in [5, 5.41) is 18.1. The molecule has 2 aromatic carbocycles. The number of esters is 1. The minimum absolute atomic E-state index is 0.178. The summed E-state index contributed by atoms with van der Waals surface area (Å²) in [6, 6.07) is 15.4. The Balaban J connectivity index is 0.000000558. The number of ether oxygens (including phenoxy) is 3. The van der Waals surface area contributed by atoms with E-state index in [4.69, 9.17) is 15.6 Å². The number of carboxylic acids is 2. The second-order valence-electron chi connectivity index (χ2n) is 7.44.